The van der Waals surface area contributed by atoms with Crippen LogP contribution in [0.1, 0.15) is 69.0 Å². The Morgan fingerprint density at radius 3 is 1.98 bits per heavy atom. The molecule has 0 aromatic heterocycles. The number of hydrogen-bond acceptors (Lipinski definition) is 5. The summed E-state index contributed by atoms with van der Waals surface area (Å²) in [4.78, 5) is 45.9. The average Bonchev–Trinajstić information content (AvgIpc) is 3.50. The van der Waals surface area contributed by atoms with Crippen molar-refractivity contribution in [3.05, 3.63) is 71.8 Å². The van der Waals surface area contributed by atoms with Gasteiger partial charge in [-0.2, -0.15) is 0 Å². The highest BCUT2D eigenvalue weighted by atomic mass is 35.5. The Morgan fingerprint density at radius 2 is 1.40 bits per heavy atom. The molecule has 3 amide bonds. The number of hydrogen-bond donors (Lipinski definition) is 3. The van der Waals surface area contributed by atoms with Crippen molar-refractivity contribution in [3.63, 3.8) is 0 Å². The summed E-state index contributed by atoms with van der Waals surface area (Å²) in [6, 6.07) is 18.2. The standard InChI is InChI=1S/C33H45N5O3.2ClH/c1-23(34-2)31(39)36-30(26-17-10-5-11-18-26)33(41)38-21-27-19-12-20-37(27)22-28(38)32(40)35-29(24-13-6-3-7-14-24)25-15-8-4-9-16-25;;/h3-4,6-9,13-16,23,26-30,34H,5,10-12,17-22H2,1-2H3,(H,35,40)(H,36,39);2*1H/t23-,27+,28-,30-;;/m0../s1. The van der Waals surface area contributed by atoms with Crippen LogP contribution in [0.2, 0.25) is 0 Å². The summed E-state index contributed by atoms with van der Waals surface area (Å²) >= 11 is 0. The van der Waals surface area contributed by atoms with Crippen LogP contribution in [0.3, 0.4) is 0 Å². The van der Waals surface area contributed by atoms with Gasteiger partial charge in [0.05, 0.1) is 12.1 Å². The van der Waals surface area contributed by atoms with Crippen LogP contribution in [-0.2, 0) is 14.4 Å². The van der Waals surface area contributed by atoms with Crippen molar-refractivity contribution in [1.29, 1.82) is 0 Å². The Kier molecular flexibility index (Phi) is 13.3. The molecule has 5 rings (SSSR count). The summed E-state index contributed by atoms with van der Waals surface area (Å²) in [5.74, 6) is -0.365. The molecule has 10 heteroatoms. The van der Waals surface area contributed by atoms with Crippen molar-refractivity contribution < 1.29 is 14.4 Å². The van der Waals surface area contributed by atoms with E-state index in [1.807, 2.05) is 60.7 Å². The van der Waals surface area contributed by atoms with Gasteiger partial charge in [0.25, 0.3) is 0 Å². The van der Waals surface area contributed by atoms with Crippen molar-refractivity contribution >= 4 is 42.5 Å². The van der Waals surface area contributed by atoms with E-state index in [0.717, 1.165) is 62.6 Å². The van der Waals surface area contributed by atoms with Gasteiger partial charge in [-0.15, -0.1) is 24.8 Å². The number of carbonyl (C=O) groups excluding carboxylic acids is 3. The third kappa shape index (κ3) is 8.29. The first-order valence-corrected chi connectivity index (χ1v) is 15.4. The van der Waals surface area contributed by atoms with E-state index in [2.05, 4.69) is 20.9 Å². The van der Waals surface area contributed by atoms with Crippen molar-refractivity contribution in [3.8, 4) is 0 Å². The normalized spacial score (nSPS) is 22.0. The molecular weight excluding hydrogens is 585 g/mol. The van der Waals surface area contributed by atoms with Crippen LogP contribution in [0.15, 0.2) is 60.7 Å². The highest BCUT2D eigenvalue weighted by Crippen LogP contribution is 2.31. The minimum atomic E-state index is -0.628. The van der Waals surface area contributed by atoms with Crippen LogP contribution in [0, 0.1) is 5.92 Å². The van der Waals surface area contributed by atoms with Crippen molar-refractivity contribution in [2.24, 2.45) is 5.92 Å². The van der Waals surface area contributed by atoms with Crippen LogP contribution >= 0.6 is 24.8 Å². The number of likely N-dealkylation sites (N-methyl/N-ethyl adjacent to an activating group) is 1. The number of nitrogens with one attached hydrogen (secondary N) is 3. The highest BCUT2D eigenvalue weighted by Gasteiger charge is 2.45. The molecule has 4 atom stereocenters. The largest absolute Gasteiger partial charge is 0.343 e. The Balaban J connectivity index is 0.00000253. The lowest BCUT2D eigenvalue weighted by Gasteiger charge is -2.45. The second-order valence-corrected chi connectivity index (χ2v) is 12.0. The molecule has 0 unspecified atom stereocenters. The maximum atomic E-state index is 14.5. The highest BCUT2D eigenvalue weighted by molar-refractivity contribution is 5.94. The summed E-state index contributed by atoms with van der Waals surface area (Å²) in [5.41, 5.74) is 1.99. The Bertz CT molecular complexity index is 1140. The number of fused-ring (bicyclic) bond motifs is 1. The Hall–Kier alpha value is -2.65. The van der Waals surface area contributed by atoms with Gasteiger partial charge in [-0.1, -0.05) is 79.9 Å². The molecule has 0 spiro atoms. The van der Waals surface area contributed by atoms with Crippen molar-refractivity contribution in [1.82, 2.24) is 25.8 Å². The first-order valence-electron chi connectivity index (χ1n) is 15.4. The molecule has 3 fully saturated rings. The first kappa shape index (κ1) is 34.8. The second-order valence-electron chi connectivity index (χ2n) is 12.0. The predicted molar refractivity (Wildman–Crippen MR) is 174 cm³/mol. The fraction of sp³-hybridized carbons (Fsp3) is 0.545. The zero-order valence-electron chi connectivity index (χ0n) is 25.2. The van der Waals surface area contributed by atoms with Crippen LogP contribution in [-0.4, -0.2) is 78.4 Å². The molecule has 2 saturated heterocycles. The van der Waals surface area contributed by atoms with Gasteiger partial charge in [-0.05, 0) is 63.2 Å². The molecule has 2 aliphatic heterocycles. The molecule has 2 aromatic carbocycles. The minimum Gasteiger partial charge on any atom is -0.343 e. The van der Waals surface area contributed by atoms with Crippen LogP contribution in [0.5, 0.6) is 0 Å². The Morgan fingerprint density at radius 1 is 0.791 bits per heavy atom. The second kappa shape index (κ2) is 16.4. The van der Waals surface area contributed by atoms with E-state index in [9.17, 15) is 14.4 Å². The van der Waals surface area contributed by atoms with Gasteiger partial charge < -0.3 is 20.9 Å². The summed E-state index contributed by atoms with van der Waals surface area (Å²) in [5, 5.41) is 9.42. The molecule has 0 bridgehead atoms. The van der Waals surface area contributed by atoms with E-state index in [0.29, 0.717) is 13.1 Å². The van der Waals surface area contributed by atoms with E-state index in [-0.39, 0.29) is 60.5 Å². The smallest absolute Gasteiger partial charge is 0.246 e. The molecule has 1 aliphatic carbocycles. The summed E-state index contributed by atoms with van der Waals surface area (Å²) in [6.07, 6.45) is 7.19. The number of benzene rings is 2. The molecule has 2 heterocycles. The predicted octanol–water partition coefficient (Wildman–Crippen LogP) is 4.08. The molecule has 8 nitrogen and oxygen atoms in total. The molecule has 3 aliphatic rings. The fourth-order valence-corrected chi connectivity index (χ4v) is 6.81. The number of amides is 3. The van der Waals surface area contributed by atoms with Gasteiger partial charge in [0.15, 0.2) is 0 Å². The SMILES string of the molecule is CN[C@@H](C)C(=O)N[C@H](C(=O)N1C[C@H]2CCCN2C[C@H]1C(=O)NC(c1ccccc1)c1ccccc1)C1CCCCC1.Cl.Cl. The van der Waals surface area contributed by atoms with Gasteiger partial charge in [-0.3, -0.25) is 19.3 Å². The lowest BCUT2D eigenvalue weighted by molar-refractivity contribution is -0.149. The van der Waals surface area contributed by atoms with Gasteiger partial charge >= 0.3 is 0 Å². The summed E-state index contributed by atoms with van der Waals surface area (Å²) in [6.45, 7) is 3.77. The minimum absolute atomic E-state index is 0. The fourth-order valence-electron chi connectivity index (χ4n) is 6.81. The van der Waals surface area contributed by atoms with E-state index < -0.39 is 18.1 Å². The lowest BCUT2D eigenvalue weighted by atomic mass is 9.82. The molecule has 3 N–H and O–H groups in total. The van der Waals surface area contributed by atoms with Crippen LogP contribution < -0.4 is 16.0 Å². The quantitative estimate of drug-likeness (QED) is 0.388. The van der Waals surface area contributed by atoms with Crippen molar-refractivity contribution in [2.75, 3.05) is 26.7 Å². The average molecular weight is 633 g/mol. The number of carbonyl (C=O) groups is 3. The van der Waals surface area contributed by atoms with Crippen molar-refractivity contribution in [2.45, 2.75) is 82.1 Å². The molecule has 236 valence electrons. The molecule has 1 saturated carbocycles. The van der Waals surface area contributed by atoms with Gasteiger partial charge in [0.2, 0.25) is 17.7 Å². The van der Waals surface area contributed by atoms with Crippen LogP contribution in [0.25, 0.3) is 0 Å². The zero-order valence-corrected chi connectivity index (χ0v) is 26.9. The topological polar surface area (TPSA) is 93.8 Å². The zero-order chi connectivity index (χ0) is 28.8. The summed E-state index contributed by atoms with van der Waals surface area (Å²) in [7, 11) is 1.75. The monoisotopic (exact) mass is 631 g/mol. The number of piperazine rings is 1. The third-order valence-electron chi connectivity index (χ3n) is 9.34. The van der Waals surface area contributed by atoms with Crippen LogP contribution in [0.4, 0.5) is 0 Å². The summed E-state index contributed by atoms with van der Waals surface area (Å²) < 4.78 is 0. The van der Waals surface area contributed by atoms with E-state index in [1.165, 1.54) is 0 Å². The molecule has 2 aromatic rings. The van der Waals surface area contributed by atoms with E-state index >= 15 is 0 Å². The maximum absolute atomic E-state index is 14.5. The number of rotatable bonds is 9. The van der Waals surface area contributed by atoms with Gasteiger partial charge in [0, 0.05) is 19.1 Å². The molecular formula is C33H47Cl2N5O3. The Labute approximate surface area is 268 Å². The number of halogens is 2. The van der Waals surface area contributed by atoms with Gasteiger partial charge in [-0.25, -0.2) is 0 Å². The first-order chi connectivity index (χ1) is 20.0. The lowest BCUT2D eigenvalue weighted by Crippen LogP contribution is -2.66. The molecule has 43 heavy (non-hydrogen) atoms. The number of nitrogens with zero attached hydrogens (tertiary/aromatic N) is 2. The third-order valence-corrected chi connectivity index (χ3v) is 9.34. The molecule has 0 radical (unpaired) electrons. The van der Waals surface area contributed by atoms with E-state index in [4.69, 9.17) is 0 Å². The maximum Gasteiger partial charge on any atom is 0.246 e. The van der Waals surface area contributed by atoms with E-state index in [1.54, 1.807) is 18.9 Å². The van der Waals surface area contributed by atoms with Gasteiger partial charge in [0.1, 0.15) is 12.1 Å².